The van der Waals surface area contributed by atoms with E-state index in [1.54, 1.807) is 5.43 Å². The standard InChI is InChI=1S/C21H19F5N4O4/c22-14-3-4-17(16(24)10-14)30(21(33)29-5-7-34-8-6-29)11-13-2-1-12(9-15(13)23)19(31)27-28-20(32)18(25)26/h1-4,9-10,18H,5-8,11H2,(H,27,31)(H,28,32). The van der Waals surface area contributed by atoms with Crippen molar-refractivity contribution in [1.82, 2.24) is 15.8 Å². The van der Waals surface area contributed by atoms with Gasteiger partial charge in [0.25, 0.3) is 5.91 Å². The molecule has 1 aliphatic rings. The minimum absolute atomic E-state index is 0.112. The third-order valence-corrected chi connectivity index (χ3v) is 4.85. The number of morpholine rings is 1. The van der Waals surface area contributed by atoms with E-state index in [-0.39, 0.29) is 43.1 Å². The molecule has 1 aliphatic heterocycles. The molecular weight excluding hydrogens is 467 g/mol. The number of rotatable bonds is 5. The molecule has 2 aromatic rings. The Morgan fingerprint density at radius 2 is 1.68 bits per heavy atom. The van der Waals surface area contributed by atoms with Crippen molar-refractivity contribution in [2.24, 2.45) is 0 Å². The molecule has 34 heavy (non-hydrogen) atoms. The molecule has 1 saturated heterocycles. The fourth-order valence-electron chi connectivity index (χ4n) is 3.11. The van der Waals surface area contributed by atoms with Gasteiger partial charge in [-0.3, -0.25) is 25.3 Å². The van der Waals surface area contributed by atoms with Crippen LogP contribution in [0.5, 0.6) is 0 Å². The number of carbonyl (C=O) groups excluding carboxylic acids is 3. The van der Waals surface area contributed by atoms with Crippen LogP contribution in [0.15, 0.2) is 36.4 Å². The molecule has 2 aromatic carbocycles. The molecule has 13 heteroatoms. The Bertz CT molecular complexity index is 1080. The first kappa shape index (κ1) is 24.9. The molecule has 0 unspecified atom stereocenters. The Hall–Kier alpha value is -3.74. The molecule has 0 atom stereocenters. The van der Waals surface area contributed by atoms with Crippen LogP contribution in [0, 0.1) is 17.5 Å². The van der Waals surface area contributed by atoms with E-state index in [9.17, 15) is 36.3 Å². The van der Waals surface area contributed by atoms with Gasteiger partial charge in [-0.2, -0.15) is 8.78 Å². The number of hydrogen-bond acceptors (Lipinski definition) is 4. The highest BCUT2D eigenvalue weighted by Gasteiger charge is 2.27. The van der Waals surface area contributed by atoms with Crippen LogP contribution in [0.3, 0.4) is 0 Å². The third-order valence-electron chi connectivity index (χ3n) is 4.85. The van der Waals surface area contributed by atoms with Crippen molar-refractivity contribution in [3.8, 4) is 0 Å². The predicted octanol–water partition coefficient (Wildman–Crippen LogP) is 2.59. The number of hydrogen-bond donors (Lipinski definition) is 2. The monoisotopic (exact) mass is 486 g/mol. The molecule has 1 heterocycles. The summed E-state index contributed by atoms with van der Waals surface area (Å²) in [5.41, 5.74) is 2.49. The minimum atomic E-state index is -3.36. The van der Waals surface area contributed by atoms with Crippen molar-refractivity contribution < 1.29 is 41.1 Å². The number of halogens is 5. The first-order chi connectivity index (χ1) is 16.2. The molecule has 2 N–H and O–H groups in total. The van der Waals surface area contributed by atoms with Crippen LogP contribution < -0.4 is 15.8 Å². The molecular formula is C21H19F5N4O4. The second kappa shape index (κ2) is 10.9. The lowest BCUT2D eigenvalue weighted by atomic mass is 10.1. The smallest absolute Gasteiger partial charge is 0.325 e. The van der Waals surface area contributed by atoms with Gasteiger partial charge in [-0.15, -0.1) is 0 Å². The summed E-state index contributed by atoms with van der Waals surface area (Å²) in [4.78, 5) is 38.2. The lowest BCUT2D eigenvalue weighted by Crippen LogP contribution is -2.48. The van der Waals surface area contributed by atoms with E-state index < -0.39 is 48.3 Å². The number of ether oxygens (including phenoxy) is 1. The van der Waals surface area contributed by atoms with Crippen molar-refractivity contribution in [1.29, 1.82) is 0 Å². The lowest BCUT2D eigenvalue weighted by Gasteiger charge is -2.33. The van der Waals surface area contributed by atoms with Crippen LogP contribution >= 0.6 is 0 Å². The summed E-state index contributed by atoms with van der Waals surface area (Å²) >= 11 is 0. The van der Waals surface area contributed by atoms with E-state index in [4.69, 9.17) is 4.74 Å². The first-order valence-electron chi connectivity index (χ1n) is 9.93. The highest BCUT2D eigenvalue weighted by molar-refractivity contribution is 5.96. The number of hydrazine groups is 1. The molecule has 1 fully saturated rings. The average Bonchev–Trinajstić information content (AvgIpc) is 2.82. The van der Waals surface area contributed by atoms with Crippen molar-refractivity contribution in [3.05, 3.63) is 65.0 Å². The number of nitrogens with zero attached hydrogens (tertiary/aromatic N) is 2. The Morgan fingerprint density at radius 3 is 2.29 bits per heavy atom. The van der Waals surface area contributed by atoms with Crippen LogP contribution in [-0.4, -0.2) is 55.5 Å². The van der Waals surface area contributed by atoms with Crippen molar-refractivity contribution in [3.63, 3.8) is 0 Å². The number of nitrogens with one attached hydrogen (secondary N) is 2. The molecule has 4 amide bonds. The van der Waals surface area contributed by atoms with Gasteiger partial charge in [0, 0.05) is 30.3 Å². The molecule has 8 nitrogen and oxygen atoms in total. The van der Waals surface area contributed by atoms with Crippen LogP contribution in [0.4, 0.5) is 32.4 Å². The van der Waals surface area contributed by atoms with Crippen molar-refractivity contribution >= 4 is 23.5 Å². The fourth-order valence-corrected chi connectivity index (χ4v) is 3.11. The van der Waals surface area contributed by atoms with E-state index in [1.165, 1.54) is 10.3 Å². The number of benzene rings is 2. The van der Waals surface area contributed by atoms with E-state index in [2.05, 4.69) is 0 Å². The van der Waals surface area contributed by atoms with E-state index >= 15 is 0 Å². The Morgan fingerprint density at radius 1 is 0.971 bits per heavy atom. The normalized spacial score (nSPS) is 13.5. The van der Waals surface area contributed by atoms with E-state index in [0.29, 0.717) is 6.07 Å². The van der Waals surface area contributed by atoms with Gasteiger partial charge in [-0.25, -0.2) is 18.0 Å². The van der Waals surface area contributed by atoms with Gasteiger partial charge in [-0.05, 0) is 24.3 Å². The van der Waals surface area contributed by atoms with Crippen LogP contribution in [0.2, 0.25) is 0 Å². The lowest BCUT2D eigenvalue weighted by molar-refractivity contribution is -0.132. The highest BCUT2D eigenvalue weighted by atomic mass is 19.3. The van der Waals surface area contributed by atoms with Crippen LogP contribution in [-0.2, 0) is 16.1 Å². The van der Waals surface area contributed by atoms with Gasteiger partial charge in [0.1, 0.15) is 17.5 Å². The van der Waals surface area contributed by atoms with Gasteiger partial charge in [0.15, 0.2) is 0 Å². The predicted molar refractivity (Wildman–Crippen MR) is 108 cm³/mol. The SMILES string of the molecule is O=C(NNC(=O)C(F)F)c1ccc(CN(C(=O)N2CCOCC2)c2ccc(F)cc2F)c(F)c1. The first-order valence-corrected chi connectivity index (χ1v) is 9.93. The molecule has 0 aromatic heterocycles. The second-order valence-corrected chi connectivity index (χ2v) is 7.11. The van der Waals surface area contributed by atoms with E-state index in [1.807, 2.05) is 0 Å². The topological polar surface area (TPSA) is 91.0 Å². The summed E-state index contributed by atoms with van der Waals surface area (Å²) in [5.74, 6) is -5.67. The maximum absolute atomic E-state index is 14.8. The molecule has 182 valence electrons. The number of anilines is 1. The summed E-state index contributed by atoms with van der Waals surface area (Å²) < 4.78 is 72.3. The maximum Gasteiger partial charge on any atom is 0.325 e. The van der Waals surface area contributed by atoms with Gasteiger partial charge < -0.3 is 9.64 Å². The number of amides is 4. The molecule has 3 rings (SSSR count). The van der Waals surface area contributed by atoms with Crippen LogP contribution in [0.1, 0.15) is 15.9 Å². The average molecular weight is 486 g/mol. The maximum atomic E-state index is 14.8. The van der Waals surface area contributed by atoms with Gasteiger partial charge >= 0.3 is 18.4 Å². The molecule has 0 saturated carbocycles. The zero-order chi connectivity index (χ0) is 24.8. The zero-order valence-corrected chi connectivity index (χ0v) is 17.5. The van der Waals surface area contributed by atoms with Gasteiger partial charge in [-0.1, -0.05) is 6.07 Å². The van der Waals surface area contributed by atoms with E-state index in [0.717, 1.165) is 35.2 Å². The summed E-state index contributed by atoms with van der Waals surface area (Å²) in [6.07, 6.45) is -3.36. The number of urea groups is 1. The molecule has 0 aliphatic carbocycles. The molecule has 0 spiro atoms. The minimum Gasteiger partial charge on any atom is -0.378 e. The van der Waals surface area contributed by atoms with Gasteiger partial charge in [0.2, 0.25) is 0 Å². The summed E-state index contributed by atoms with van der Waals surface area (Å²) in [6.45, 7) is 0.472. The number of carbonyl (C=O) groups is 3. The largest absolute Gasteiger partial charge is 0.378 e. The summed E-state index contributed by atoms with van der Waals surface area (Å²) in [5, 5.41) is 0. The van der Waals surface area contributed by atoms with Crippen LogP contribution in [0.25, 0.3) is 0 Å². The van der Waals surface area contributed by atoms with Gasteiger partial charge in [0.05, 0.1) is 25.4 Å². The summed E-state index contributed by atoms with van der Waals surface area (Å²) in [7, 11) is 0. The highest BCUT2D eigenvalue weighted by Crippen LogP contribution is 2.25. The van der Waals surface area contributed by atoms with Crippen molar-refractivity contribution in [2.45, 2.75) is 13.0 Å². The molecule has 0 radical (unpaired) electrons. The second-order valence-electron chi connectivity index (χ2n) is 7.11. The number of alkyl halides is 2. The third kappa shape index (κ3) is 5.98. The Balaban J connectivity index is 1.83. The Kier molecular flexibility index (Phi) is 7.99. The quantitative estimate of drug-likeness (QED) is 0.502. The zero-order valence-electron chi connectivity index (χ0n) is 17.5. The molecule has 0 bridgehead atoms. The fraction of sp³-hybridized carbons (Fsp3) is 0.286. The summed E-state index contributed by atoms with van der Waals surface area (Å²) in [6, 6.07) is 4.96. The van der Waals surface area contributed by atoms with Crippen molar-refractivity contribution in [2.75, 3.05) is 31.2 Å². The Labute approximate surface area is 190 Å².